The van der Waals surface area contributed by atoms with Crippen molar-refractivity contribution < 1.29 is 14.6 Å². The first-order valence-electron chi connectivity index (χ1n) is 5.39. The third kappa shape index (κ3) is 3.27. The zero-order valence-corrected chi connectivity index (χ0v) is 10.2. The highest BCUT2D eigenvalue weighted by molar-refractivity contribution is 5.32. The fourth-order valence-corrected chi connectivity index (χ4v) is 1.35. The molecular weight excluding hydrogens is 250 g/mol. The van der Waals surface area contributed by atoms with Gasteiger partial charge in [0.05, 0.1) is 13.7 Å². The van der Waals surface area contributed by atoms with Crippen molar-refractivity contribution in [2.75, 3.05) is 12.5 Å². The fraction of sp³-hybridized carbons (Fsp3) is 0.182. The van der Waals surface area contributed by atoms with Crippen LogP contribution in [-0.2, 0) is 6.61 Å². The average Bonchev–Trinajstić information content (AvgIpc) is 2.47. The molecule has 0 aliphatic carbocycles. The predicted octanol–water partition coefficient (Wildman–Crippen LogP) is 0.450. The highest BCUT2D eigenvalue weighted by Gasteiger charge is 2.08. The molecule has 0 aliphatic heterocycles. The first-order valence-corrected chi connectivity index (χ1v) is 5.39. The number of aliphatic hydroxyl groups excluding tert-OH is 1. The molecule has 2 aromatic rings. The van der Waals surface area contributed by atoms with E-state index in [4.69, 9.17) is 20.4 Å². The Balaban J connectivity index is 2.26. The van der Waals surface area contributed by atoms with Gasteiger partial charge in [-0.3, -0.25) is 5.43 Å². The van der Waals surface area contributed by atoms with Crippen molar-refractivity contribution in [1.29, 1.82) is 0 Å². The summed E-state index contributed by atoms with van der Waals surface area (Å²) in [6.45, 7) is -0.0761. The summed E-state index contributed by atoms with van der Waals surface area (Å²) in [5, 5.41) is 9.05. The number of anilines is 1. The summed E-state index contributed by atoms with van der Waals surface area (Å²) in [4.78, 5) is 11.7. The van der Waals surface area contributed by atoms with Crippen molar-refractivity contribution in [3.8, 4) is 17.8 Å². The van der Waals surface area contributed by atoms with E-state index < -0.39 is 0 Å². The third-order valence-corrected chi connectivity index (χ3v) is 2.20. The van der Waals surface area contributed by atoms with Crippen molar-refractivity contribution in [1.82, 2.24) is 15.0 Å². The Bertz CT molecular complexity index is 542. The number of nitrogen functional groups attached to an aromatic ring is 1. The maximum atomic E-state index is 9.05. The quantitative estimate of drug-likeness (QED) is 0.526. The number of aliphatic hydroxyl groups is 1. The Hall–Kier alpha value is -2.45. The van der Waals surface area contributed by atoms with Crippen LogP contribution in [0.1, 0.15) is 5.56 Å². The lowest BCUT2D eigenvalue weighted by Crippen LogP contribution is -2.12. The molecule has 8 heteroatoms. The molecule has 0 saturated carbocycles. The largest absolute Gasteiger partial charge is 0.467 e. The van der Waals surface area contributed by atoms with Gasteiger partial charge in [0.2, 0.25) is 5.95 Å². The normalized spacial score (nSPS) is 10.1. The highest BCUT2D eigenvalue weighted by Crippen LogP contribution is 2.21. The summed E-state index contributed by atoms with van der Waals surface area (Å²) < 4.78 is 10.4. The van der Waals surface area contributed by atoms with E-state index in [1.165, 1.54) is 7.11 Å². The molecule has 0 aliphatic rings. The Morgan fingerprint density at radius 3 is 2.74 bits per heavy atom. The number of hydrazine groups is 1. The number of nitrogens with one attached hydrogen (secondary N) is 1. The summed E-state index contributed by atoms with van der Waals surface area (Å²) in [6.07, 6.45) is 0. The van der Waals surface area contributed by atoms with Gasteiger partial charge in [0.1, 0.15) is 5.75 Å². The topological polar surface area (TPSA) is 115 Å². The number of aromatic nitrogens is 3. The zero-order chi connectivity index (χ0) is 13.7. The Morgan fingerprint density at radius 2 is 2.05 bits per heavy atom. The molecule has 0 unspecified atom stereocenters. The minimum atomic E-state index is -0.0761. The lowest BCUT2D eigenvalue weighted by Gasteiger charge is -2.07. The van der Waals surface area contributed by atoms with Crippen molar-refractivity contribution >= 4 is 5.95 Å². The summed E-state index contributed by atoms with van der Waals surface area (Å²) in [7, 11) is 1.42. The van der Waals surface area contributed by atoms with Crippen molar-refractivity contribution in [3.05, 3.63) is 29.8 Å². The molecule has 100 valence electrons. The molecule has 1 aromatic carbocycles. The third-order valence-electron chi connectivity index (χ3n) is 2.20. The van der Waals surface area contributed by atoms with Crippen LogP contribution in [-0.4, -0.2) is 27.2 Å². The van der Waals surface area contributed by atoms with Gasteiger partial charge in [0, 0.05) is 0 Å². The van der Waals surface area contributed by atoms with E-state index >= 15 is 0 Å². The maximum absolute atomic E-state index is 9.05. The molecule has 19 heavy (non-hydrogen) atoms. The first kappa shape index (κ1) is 13.0. The number of ether oxygens (including phenoxy) is 2. The minimum absolute atomic E-state index is 0.0369. The monoisotopic (exact) mass is 263 g/mol. The molecule has 0 fully saturated rings. The van der Waals surface area contributed by atoms with Gasteiger partial charge in [0.25, 0.3) is 0 Å². The van der Waals surface area contributed by atoms with E-state index in [1.54, 1.807) is 24.3 Å². The summed E-state index contributed by atoms with van der Waals surface area (Å²) >= 11 is 0. The fourth-order valence-electron chi connectivity index (χ4n) is 1.35. The van der Waals surface area contributed by atoms with E-state index in [2.05, 4.69) is 20.4 Å². The van der Waals surface area contributed by atoms with E-state index in [9.17, 15) is 0 Å². The van der Waals surface area contributed by atoms with Gasteiger partial charge in [-0.1, -0.05) is 12.1 Å². The van der Waals surface area contributed by atoms with Gasteiger partial charge in [-0.25, -0.2) is 5.84 Å². The molecule has 4 N–H and O–H groups in total. The molecule has 0 bridgehead atoms. The van der Waals surface area contributed by atoms with Crippen LogP contribution in [0.4, 0.5) is 5.95 Å². The van der Waals surface area contributed by atoms with E-state index in [1.807, 2.05) is 0 Å². The van der Waals surface area contributed by atoms with Gasteiger partial charge >= 0.3 is 12.0 Å². The Kier molecular flexibility index (Phi) is 4.06. The van der Waals surface area contributed by atoms with Gasteiger partial charge < -0.3 is 14.6 Å². The molecule has 0 atom stereocenters. The molecule has 1 aromatic heterocycles. The Morgan fingerprint density at radius 1 is 1.26 bits per heavy atom. The summed E-state index contributed by atoms with van der Waals surface area (Å²) in [6, 6.07) is 7.03. The molecule has 8 nitrogen and oxygen atoms in total. The van der Waals surface area contributed by atoms with Crippen LogP contribution in [0.25, 0.3) is 0 Å². The summed E-state index contributed by atoms with van der Waals surface area (Å²) in [5.74, 6) is 5.85. The van der Waals surface area contributed by atoms with Crippen molar-refractivity contribution in [2.24, 2.45) is 5.84 Å². The van der Waals surface area contributed by atoms with Crippen LogP contribution in [0.3, 0.4) is 0 Å². The van der Waals surface area contributed by atoms with E-state index in [0.717, 1.165) is 5.56 Å². The van der Waals surface area contributed by atoms with Gasteiger partial charge in [0.15, 0.2) is 0 Å². The number of rotatable bonds is 5. The summed E-state index contributed by atoms with van der Waals surface area (Å²) in [5.41, 5.74) is 3.01. The van der Waals surface area contributed by atoms with Crippen molar-refractivity contribution in [3.63, 3.8) is 0 Å². The second kappa shape index (κ2) is 5.94. The Labute approximate surface area is 109 Å². The molecule has 2 rings (SSSR count). The van der Waals surface area contributed by atoms with Crippen molar-refractivity contribution in [2.45, 2.75) is 6.61 Å². The smallest absolute Gasteiger partial charge is 0.330 e. The predicted molar refractivity (Wildman–Crippen MR) is 66.6 cm³/mol. The van der Waals surface area contributed by atoms with Crippen LogP contribution in [0.15, 0.2) is 24.3 Å². The van der Waals surface area contributed by atoms with Gasteiger partial charge in [-0.2, -0.15) is 9.97 Å². The van der Waals surface area contributed by atoms with Crippen LogP contribution >= 0.6 is 0 Å². The molecule has 0 amide bonds. The highest BCUT2D eigenvalue weighted by atomic mass is 16.5. The number of methoxy groups -OCH3 is 1. The molecule has 0 saturated heterocycles. The first-order chi connectivity index (χ1) is 9.25. The van der Waals surface area contributed by atoms with Crippen LogP contribution in [0.5, 0.6) is 17.8 Å². The second-order valence-corrected chi connectivity index (χ2v) is 3.48. The number of hydrogen-bond acceptors (Lipinski definition) is 8. The zero-order valence-electron chi connectivity index (χ0n) is 10.2. The van der Waals surface area contributed by atoms with Gasteiger partial charge in [-0.15, -0.1) is 4.98 Å². The number of benzene rings is 1. The lowest BCUT2D eigenvalue weighted by atomic mass is 10.2. The van der Waals surface area contributed by atoms with E-state index in [0.29, 0.717) is 5.75 Å². The van der Waals surface area contributed by atoms with E-state index in [-0.39, 0.29) is 24.6 Å². The molecule has 1 heterocycles. The number of nitrogens with zero attached hydrogens (tertiary/aromatic N) is 3. The number of nitrogens with two attached hydrogens (primary N) is 1. The molecular formula is C11H13N5O3. The van der Waals surface area contributed by atoms with Crippen LogP contribution < -0.4 is 20.7 Å². The SMILES string of the molecule is COc1nc(NN)nc(Oc2cccc(CO)c2)n1. The average molecular weight is 263 g/mol. The molecule has 0 radical (unpaired) electrons. The standard InChI is InChI=1S/C11H13N5O3/c1-18-10-13-9(16-12)14-11(15-10)19-8-4-2-3-7(5-8)6-17/h2-5,17H,6,12H2,1H3,(H,13,14,15,16). The van der Waals surface area contributed by atoms with Crippen LogP contribution in [0, 0.1) is 0 Å². The van der Waals surface area contributed by atoms with Crippen LogP contribution in [0.2, 0.25) is 0 Å². The van der Waals surface area contributed by atoms with Gasteiger partial charge in [-0.05, 0) is 17.7 Å². The molecule has 0 spiro atoms. The second-order valence-electron chi connectivity index (χ2n) is 3.48. The number of hydrogen-bond donors (Lipinski definition) is 3. The lowest BCUT2D eigenvalue weighted by molar-refractivity contribution is 0.281. The minimum Gasteiger partial charge on any atom is -0.467 e. The maximum Gasteiger partial charge on any atom is 0.330 e.